The van der Waals surface area contributed by atoms with Crippen LogP contribution in [0.15, 0.2) is 78.4 Å². The van der Waals surface area contributed by atoms with Crippen molar-refractivity contribution in [2.24, 2.45) is 0 Å². The molecule has 3 aromatic carbocycles. The van der Waals surface area contributed by atoms with E-state index in [4.69, 9.17) is 9.47 Å². The predicted octanol–water partition coefficient (Wildman–Crippen LogP) is 8.41. The SMILES string of the molecule is COc1c(NC(=O)Nc2ccc(Oc3ccncc3)c3ccccc23)cc(C(C)(C)C)cc1Nc1nc(C(=O)N2CCCC2)cs1. The van der Waals surface area contributed by atoms with E-state index in [2.05, 4.69) is 46.7 Å². The Kier molecular flexibility index (Phi) is 8.76. The van der Waals surface area contributed by atoms with E-state index in [0.717, 1.165) is 42.3 Å². The van der Waals surface area contributed by atoms with Crippen LogP contribution in [0.5, 0.6) is 17.2 Å². The molecular weight excluding hydrogens is 600 g/mol. The summed E-state index contributed by atoms with van der Waals surface area (Å²) < 4.78 is 11.9. The topological polar surface area (TPSA) is 118 Å². The molecule has 0 atom stereocenters. The third-order valence-corrected chi connectivity index (χ3v) is 8.53. The number of anilines is 4. The van der Waals surface area contributed by atoms with Crippen LogP contribution in [0.4, 0.5) is 27.0 Å². The number of thiazole rings is 1. The molecule has 0 bridgehead atoms. The van der Waals surface area contributed by atoms with Crippen molar-refractivity contribution in [3.63, 3.8) is 0 Å². The van der Waals surface area contributed by atoms with E-state index in [1.54, 1.807) is 37.0 Å². The smallest absolute Gasteiger partial charge is 0.323 e. The van der Waals surface area contributed by atoms with Gasteiger partial charge in [0.15, 0.2) is 10.9 Å². The van der Waals surface area contributed by atoms with Gasteiger partial charge in [-0.2, -0.15) is 0 Å². The van der Waals surface area contributed by atoms with Crippen LogP contribution in [0.25, 0.3) is 10.8 Å². The largest absolute Gasteiger partial charge is 0.492 e. The summed E-state index contributed by atoms with van der Waals surface area (Å²) >= 11 is 1.35. The third kappa shape index (κ3) is 6.74. The molecule has 3 N–H and O–H groups in total. The fourth-order valence-electron chi connectivity index (χ4n) is 5.37. The molecule has 0 aliphatic carbocycles. The lowest BCUT2D eigenvalue weighted by atomic mass is 9.86. The van der Waals surface area contributed by atoms with E-state index in [-0.39, 0.29) is 11.3 Å². The van der Waals surface area contributed by atoms with Gasteiger partial charge in [0.25, 0.3) is 5.91 Å². The number of ether oxygens (including phenoxy) is 2. The van der Waals surface area contributed by atoms with Crippen LogP contribution in [0.3, 0.4) is 0 Å². The van der Waals surface area contributed by atoms with Crippen LogP contribution in [-0.4, -0.2) is 47.0 Å². The molecule has 0 spiro atoms. The second-order valence-corrected chi connectivity index (χ2v) is 12.9. The zero-order chi connectivity index (χ0) is 32.3. The molecule has 6 rings (SSSR count). The molecule has 3 heterocycles. The lowest BCUT2D eigenvalue weighted by Crippen LogP contribution is -2.27. The first-order valence-corrected chi connectivity index (χ1v) is 16.0. The number of likely N-dealkylation sites (tertiary alicyclic amines) is 1. The van der Waals surface area contributed by atoms with Crippen LogP contribution < -0.4 is 25.4 Å². The fraction of sp³-hybridized carbons (Fsp3) is 0.257. The minimum atomic E-state index is -0.434. The van der Waals surface area contributed by atoms with Crippen LogP contribution in [-0.2, 0) is 5.41 Å². The monoisotopic (exact) mass is 636 g/mol. The summed E-state index contributed by atoms with van der Waals surface area (Å²) in [7, 11) is 1.56. The molecule has 10 nitrogen and oxygen atoms in total. The van der Waals surface area contributed by atoms with Gasteiger partial charge >= 0.3 is 6.03 Å². The van der Waals surface area contributed by atoms with Crippen molar-refractivity contribution < 1.29 is 19.1 Å². The van der Waals surface area contributed by atoms with E-state index in [1.165, 1.54) is 11.3 Å². The number of rotatable bonds is 8. The number of methoxy groups -OCH3 is 1. The molecule has 3 amide bonds. The summed E-state index contributed by atoms with van der Waals surface area (Å²) in [6.45, 7) is 7.81. The molecule has 0 unspecified atom stereocenters. The summed E-state index contributed by atoms with van der Waals surface area (Å²) in [5.74, 6) is 1.72. The molecule has 236 valence electrons. The number of hydrogen-bond acceptors (Lipinski definition) is 8. The second kappa shape index (κ2) is 13.1. The summed E-state index contributed by atoms with van der Waals surface area (Å²) in [6, 6.07) is 18.4. The summed E-state index contributed by atoms with van der Waals surface area (Å²) in [6.07, 6.45) is 5.38. The number of aromatic nitrogens is 2. The average molecular weight is 637 g/mol. The van der Waals surface area contributed by atoms with E-state index in [0.29, 0.717) is 45.1 Å². The minimum absolute atomic E-state index is 0.0549. The highest BCUT2D eigenvalue weighted by atomic mass is 32.1. The van der Waals surface area contributed by atoms with Crippen molar-refractivity contribution in [2.75, 3.05) is 36.1 Å². The highest BCUT2D eigenvalue weighted by molar-refractivity contribution is 7.14. The number of hydrogen-bond donors (Lipinski definition) is 3. The molecule has 0 radical (unpaired) electrons. The highest BCUT2D eigenvalue weighted by Gasteiger charge is 2.24. The average Bonchev–Trinajstić information content (AvgIpc) is 3.75. The van der Waals surface area contributed by atoms with E-state index < -0.39 is 6.03 Å². The predicted molar refractivity (Wildman–Crippen MR) is 183 cm³/mol. The number of benzene rings is 3. The molecule has 11 heteroatoms. The maximum absolute atomic E-state index is 13.5. The lowest BCUT2D eigenvalue weighted by molar-refractivity contribution is 0.0788. The maximum atomic E-state index is 13.5. The van der Waals surface area contributed by atoms with Gasteiger partial charge in [-0.05, 0) is 60.2 Å². The molecule has 5 aromatic rings. The lowest BCUT2D eigenvalue weighted by Gasteiger charge is -2.24. The van der Waals surface area contributed by atoms with Gasteiger partial charge in [0.05, 0.1) is 24.2 Å². The number of amides is 3. The normalized spacial score (nSPS) is 13.0. The van der Waals surface area contributed by atoms with Crippen LogP contribution in [0.1, 0.15) is 49.7 Å². The number of pyridine rings is 1. The number of fused-ring (bicyclic) bond motifs is 1. The van der Waals surface area contributed by atoms with Crippen molar-refractivity contribution in [1.82, 2.24) is 14.9 Å². The summed E-state index contributed by atoms with van der Waals surface area (Å²) in [5.41, 5.74) is 2.89. The van der Waals surface area contributed by atoms with Crippen molar-refractivity contribution in [3.05, 3.63) is 89.7 Å². The van der Waals surface area contributed by atoms with Gasteiger partial charge in [-0.15, -0.1) is 11.3 Å². The number of carbonyl (C=O) groups is 2. The molecule has 46 heavy (non-hydrogen) atoms. The van der Waals surface area contributed by atoms with E-state index in [9.17, 15) is 9.59 Å². The fourth-order valence-corrected chi connectivity index (χ4v) is 6.07. The van der Waals surface area contributed by atoms with Gasteiger partial charge in [-0.25, -0.2) is 9.78 Å². The van der Waals surface area contributed by atoms with Crippen LogP contribution >= 0.6 is 11.3 Å². The van der Waals surface area contributed by atoms with Gasteiger partial charge in [-0.3, -0.25) is 9.78 Å². The highest BCUT2D eigenvalue weighted by Crippen LogP contribution is 2.41. The Labute approximate surface area is 271 Å². The Hall–Kier alpha value is -5.16. The van der Waals surface area contributed by atoms with E-state index in [1.807, 2.05) is 53.4 Å². The van der Waals surface area contributed by atoms with Crippen molar-refractivity contribution in [1.29, 1.82) is 0 Å². The van der Waals surface area contributed by atoms with Gasteiger partial charge in [0, 0.05) is 41.6 Å². The number of nitrogens with one attached hydrogen (secondary N) is 3. The van der Waals surface area contributed by atoms with Crippen LogP contribution in [0, 0.1) is 0 Å². The zero-order valence-corrected chi connectivity index (χ0v) is 27.0. The second-order valence-electron chi connectivity index (χ2n) is 12.0. The van der Waals surface area contributed by atoms with Gasteiger partial charge in [0.1, 0.15) is 17.2 Å². The first-order valence-electron chi connectivity index (χ1n) is 15.1. The molecule has 2 aromatic heterocycles. The summed E-state index contributed by atoms with van der Waals surface area (Å²) in [4.78, 5) is 36.9. The first kappa shape index (κ1) is 30.8. The van der Waals surface area contributed by atoms with Crippen molar-refractivity contribution in [2.45, 2.75) is 39.0 Å². The van der Waals surface area contributed by atoms with Gasteiger partial charge < -0.3 is 30.3 Å². The molecular formula is C35H36N6O4S. The Balaban J connectivity index is 1.26. The third-order valence-electron chi connectivity index (χ3n) is 7.78. The Morgan fingerprint density at radius 3 is 2.30 bits per heavy atom. The van der Waals surface area contributed by atoms with Crippen molar-refractivity contribution >= 4 is 56.2 Å². The number of carbonyl (C=O) groups excluding carboxylic acids is 2. The summed E-state index contributed by atoms with van der Waals surface area (Å²) in [5, 5.41) is 13.3. The molecule has 1 aliphatic rings. The van der Waals surface area contributed by atoms with E-state index >= 15 is 0 Å². The van der Waals surface area contributed by atoms with Gasteiger partial charge in [0.2, 0.25) is 0 Å². The molecule has 1 fully saturated rings. The first-order chi connectivity index (χ1) is 22.2. The Morgan fingerprint density at radius 2 is 1.59 bits per heavy atom. The maximum Gasteiger partial charge on any atom is 0.323 e. The molecule has 0 saturated carbocycles. The standard InChI is InChI=1S/C35H36N6O4S/c1-35(2,3)22-19-27(31(44-4)28(20-22)39-34-40-29(21-46-34)32(42)41-17-7-8-18-41)38-33(43)37-26-11-12-30(25-10-6-5-9-24(25)26)45-23-13-15-36-16-14-23/h5-6,9-16,19-21H,7-8,17-18H2,1-4H3,(H,39,40)(H2,37,38,43). The Bertz CT molecular complexity index is 1880. The molecule has 1 aliphatic heterocycles. The molecule has 1 saturated heterocycles. The Morgan fingerprint density at radius 1 is 0.891 bits per heavy atom. The van der Waals surface area contributed by atoms with Crippen LogP contribution in [0.2, 0.25) is 0 Å². The quantitative estimate of drug-likeness (QED) is 0.157. The van der Waals surface area contributed by atoms with Gasteiger partial charge in [-0.1, -0.05) is 45.0 Å². The number of urea groups is 1. The zero-order valence-electron chi connectivity index (χ0n) is 26.2. The number of nitrogens with zero attached hydrogens (tertiary/aromatic N) is 3. The minimum Gasteiger partial charge on any atom is -0.492 e. The van der Waals surface area contributed by atoms with Crippen molar-refractivity contribution in [3.8, 4) is 17.2 Å².